The zero-order valence-electron chi connectivity index (χ0n) is 9.28. The number of hydrogen-bond donors (Lipinski definition) is 2. The van der Waals surface area contributed by atoms with E-state index in [2.05, 4.69) is 5.32 Å². The van der Waals surface area contributed by atoms with Gasteiger partial charge in [-0.3, -0.25) is 4.79 Å². The standard InChI is InChI=1S/C9H18N2O3S/c1-6(8(10)15)9(12)11-4-7(14-3)5-13-2/h6-7H,4-5H2,1-3H3,(H2,10,15)(H,11,12). The first-order valence-corrected chi connectivity index (χ1v) is 5.02. The molecule has 2 atom stereocenters. The lowest BCUT2D eigenvalue weighted by Crippen LogP contribution is -2.41. The normalized spacial score (nSPS) is 14.3. The summed E-state index contributed by atoms with van der Waals surface area (Å²) >= 11 is 4.71. The molecule has 2 unspecified atom stereocenters. The number of thiocarbonyl (C=S) groups is 1. The molecule has 0 aromatic carbocycles. The van der Waals surface area contributed by atoms with Crippen molar-refractivity contribution in [2.75, 3.05) is 27.4 Å². The second-order valence-electron chi connectivity index (χ2n) is 3.18. The Morgan fingerprint density at radius 1 is 1.53 bits per heavy atom. The van der Waals surface area contributed by atoms with Gasteiger partial charge in [0.25, 0.3) is 0 Å². The molecule has 0 rings (SSSR count). The summed E-state index contributed by atoms with van der Waals surface area (Å²) in [5.74, 6) is -0.652. The number of methoxy groups -OCH3 is 2. The Morgan fingerprint density at radius 2 is 2.13 bits per heavy atom. The Labute approximate surface area is 95.3 Å². The van der Waals surface area contributed by atoms with Crippen molar-refractivity contribution in [2.45, 2.75) is 13.0 Å². The lowest BCUT2D eigenvalue weighted by atomic mass is 10.1. The van der Waals surface area contributed by atoms with E-state index in [4.69, 9.17) is 27.4 Å². The van der Waals surface area contributed by atoms with Crippen molar-refractivity contribution in [1.82, 2.24) is 5.32 Å². The average Bonchev–Trinajstić information content (AvgIpc) is 2.22. The average molecular weight is 234 g/mol. The minimum Gasteiger partial charge on any atom is -0.393 e. The number of nitrogens with one attached hydrogen (secondary N) is 1. The van der Waals surface area contributed by atoms with Gasteiger partial charge in [0.15, 0.2) is 0 Å². The molecule has 6 heteroatoms. The molecule has 1 amide bonds. The van der Waals surface area contributed by atoms with Gasteiger partial charge in [-0.05, 0) is 6.92 Å². The van der Waals surface area contributed by atoms with Gasteiger partial charge in [0.05, 0.1) is 23.6 Å². The van der Waals surface area contributed by atoms with Crippen molar-refractivity contribution in [2.24, 2.45) is 11.7 Å². The Kier molecular flexibility index (Phi) is 7.19. The van der Waals surface area contributed by atoms with Crippen LogP contribution >= 0.6 is 12.2 Å². The third-order valence-electron chi connectivity index (χ3n) is 2.01. The van der Waals surface area contributed by atoms with Crippen molar-refractivity contribution >= 4 is 23.1 Å². The molecule has 0 saturated carbocycles. The fourth-order valence-corrected chi connectivity index (χ4v) is 1.000. The third-order valence-corrected chi connectivity index (χ3v) is 2.36. The van der Waals surface area contributed by atoms with E-state index in [0.29, 0.717) is 13.2 Å². The molecule has 0 aromatic heterocycles. The molecule has 88 valence electrons. The largest absolute Gasteiger partial charge is 0.393 e. The van der Waals surface area contributed by atoms with E-state index < -0.39 is 5.92 Å². The van der Waals surface area contributed by atoms with Crippen LogP contribution in [0.25, 0.3) is 0 Å². The van der Waals surface area contributed by atoms with Crippen molar-refractivity contribution < 1.29 is 14.3 Å². The lowest BCUT2D eigenvalue weighted by Gasteiger charge is -2.16. The maximum absolute atomic E-state index is 11.4. The quantitative estimate of drug-likeness (QED) is 0.591. The van der Waals surface area contributed by atoms with Crippen LogP contribution in [-0.4, -0.2) is 44.4 Å². The second kappa shape index (κ2) is 7.56. The molecule has 3 N–H and O–H groups in total. The number of hydrogen-bond acceptors (Lipinski definition) is 4. The van der Waals surface area contributed by atoms with Gasteiger partial charge in [0.1, 0.15) is 0 Å². The topological polar surface area (TPSA) is 73.6 Å². The zero-order chi connectivity index (χ0) is 11.8. The van der Waals surface area contributed by atoms with Gasteiger partial charge in [-0.25, -0.2) is 0 Å². The predicted molar refractivity (Wildman–Crippen MR) is 61.6 cm³/mol. The summed E-state index contributed by atoms with van der Waals surface area (Å²) in [5.41, 5.74) is 5.35. The van der Waals surface area contributed by atoms with Crippen LogP contribution in [0.4, 0.5) is 0 Å². The summed E-state index contributed by atoms with van der Waals surface area (Å²) in [6, 6.07) is 0. The third kappa shape index (κ3) is 5.66. The van der Waals surface area contributed by atoms with E-state index >= 15 is 0 Å². The number of rotatable bonds is 7. The van der Waals surface area contributed by atoms with Crippen LogP contribution in [0.3, 0.4) is 0 Å². The Balaban J connectivity index is 3.92. The highest BCUT2D eigenvalue weighted by molar-refractivity contribution is 7.80. The van der Waals surface area contributed by atoms with Crippen LogP contribution in [0.5, 0.6) is 0 Å². The van der Waals surface area contributed by atoms with Crippen LogP contribution < -0.4 is 11.1 Å². The van der Waals surface area contributed by atoms with Gasteiger partial charge >= 0.3 is 0 Å². The van der Waals surface area contributed by atoms with Crippen molar-refractivity contribution in [3.8, 4) is 0 Å². The minimum absolute atomic E-state index is 0.155. The Morgan fingerprint density at radius 3 is 2.53 bits per heavy atom. The summed E-state index contributed by atoms with van der Waals surface area (Å²) in [4.78, 5) is 11.6. The molecule has 0 heterocycles. The van der Waals surface area contributed by atoms with Crippen LogP contribution in [-0.2, 0) is 14.3 Å². The van der Waals surface area contributed by atoms with Gasteiger partial charge in [-0.1, -0.05) is 12.2 Å². The first-order chi connectivity index (χ1) is 7.02. The SMILES string of the molecule is COCC(CNC(=O)C(C)C(N)=S)OC. The highest BCUT2D eigenvalue weighted by Crippen LogP contribution is 1.96. The van der Waals surface area contributed by atoms with Crippen LogP contribution in [0, 0.1) is 5.92 Å². The van der Waals surface area contributed by atoms with Gasteiger partial charge in [0, 0.05) is 20.8 Å². The monoisotopic (exact) mass is 234 g/mol. The van der Waals surface area contributed by atoms with Crippen LogP contribution in [0.15, 0.2) is 0 Å². The zero-order valence-corrected chi connectivity index (χ0v) is 10.1. The number of nitrogens with two attached hydrogens (primary N) is 1. The van der Waals surface area contributed by atoms with Crippen molar-refractivity contribution in [3.63, 3.8) is 0 Å². The number of amides is 1. The van der Waals surface area contributed by atoms with E-state index in [1.807, 2.05) is 0 Å². The molecule has 0 aliphatic heterocycles. The first kappa shape index (κ1) is 14.3. The van der Waals surface area contributed by atoms with E-state index in [1.165, 1.54) is 0 Å². The van der Waals surface area contributed by atoms with Gasteiger partial charge in [-0.2, -0.15) is 0 Å². The Hall–Kier alpha value is -0.720. The molecule has 0 fully saturated rings. The van der Waals surface area contributed by atoms with Gasteiger partial charge < -0.3 is 20.5 Å². The molecule has 0 aliphatic rings. The first-order valence-electron chi connectivity index (χ1n) is 4.61. The predicted octanol–water partition coefficient (Wildman–Crippen LogP) is -0.314. The maximum Gasteiger partial charge on any atom is 0.229 e. The summed E-state index contributed by atoms with van der Waals surface area (Å²) in [7, 11) is 3.14. The molecule has 0 radical (unpaired) electrons. The second-order valence-corrected chi connectivity index (χ2v) is 3.65. The molecule has 0 aromatic rings. The van der Waals surface area contributed by atoms with E-state index in [-0.39, 0.29) is 17.0 Å². The molecule has 0 saturated heterocycles. The fraction of sp³-hybridized carbons (Fsp3) is 0.778. The smallest absolute Gasteiger partial charge is 0.229 e. The molecule has 0 bridgehead atoms. The van der Waals surface area contributed by atoms with E-state index in [9.17, 15) is 4.79 Å². The summed E-state index contributed by atoms with van der Waals surface area (Å²) in [6.45, 7) is 2.48. The molecular formula is C9H18N2O3S. The number of ether oxygens (including phenoxy) is 2. The highest BCUT2D eigenvalue weighted by atomic mass is 32.1. The van der Waals surface area contributed by atoms with Gasteiger partial charge in [-0.15, -0.1) is 0 Å². The molecule has 0 spiro atoms. The van der Waals surface area contributed by atoms with E-state index in [0.717, 1.165) is 0 Å². The minimum atomic E-state index is -0.458. The number of carbonyl (C=O) groups is 1. The molecule has 5 nitrogen and oxygen atoms in total. The highest BCUT2D eigenvalue weighted by Gasteiger charge is 2.16. The number of carbonyl (C=O) groups excluding carboxylic acids is 1. The summed E-state index contributed by atoms with van der Waals surface area (Å²) in [6.07, 6.45) is -0.155. The van der Waals surface area contributed by atoms with Crippen LogP contribution in [0.2, 0.25) is 0 Å². The summed E-state index contributed by atoms with van der Waals surface area (Å²) < 4.78 is 9.99. The van der Waals surface area contributed by atoms with Crippen molar-refractivity contribution in [1.29, 1.82) is 0 Å². The van der Waals surface area contributed by atoms with Crippen molar-refractivity contribution in [3.05, 3.63) is 0 Å². The molecule has 15 heavy (non-hydrogen) atoms. The lowest BCUT2D eigenvalue weighted by molar-refractivity contribution is -0.123. The van der Waals surface area contributed by atoms with E-state index in [1.54, 1.807) is 21.1 Å². The summed E-state index contributed by atoms with van der Waals surface area (Å²) in [5, 5.41) is 2.69. The van der Waals surface area contributed by atoms with Gasteiger partial charge in [0.2, 0.25) is 5.91 Å². The molecule has 0 aliphatic carbocycles. The Bertz CT molecular complexity index is 223. The van der Waals surface area contributed by atoms with Crippen LogP contribution in [0.1, 0.15) is 6.92 Å². The maximum atomic E-state index is 11.4. The fourth-order valence-electron chi connectivity index (χ4n) is 0.893. The molecular weight excluding hydrogens is 216 g/mol.